The molecule has 0 aliphatic rings. The van der Waals surface area contributed by atoms with Gasteiger partial charge in [-0.3, -0.25) is 0 Å². The summed E-state index contributed by atoms with van der Waals surface area (Å²) in [6, 6.07) is 5.30. The lowest BCUT2D eigenvalue weighted by Crippen LogP contribution is -2.10. The summed E-state index contributed by atoms with van der Waals surface area (Å²) in [5.41, 5.74) is 5.49. The molecule has 5 nitrogen and oxygen atoms in total. The average molecular weight is 219 g/mol. The summed E-state index contributed by atoms with van der Waals surface area (Å²) in [7, 11) is 0. The quantitative estimate of drug-likeness (QED) is 0.468. The largest absolute Gasteiger partial charge is 0.462 e. The van der Waals surface area contributed by atoms with E-state index in [9.17, 15) is 4.79 Å². The summed E-state index contributed by atoms with van der Waals surface area (Å²) < 4.78 is 4.78. The summed E-state index contributed by atoms with van der Waals surface area (Å²) in [4.78, 5) is 19.3. The Kier molecular flexibility index (Phi) is 4.72. The van der Waals surface area contributed by atoms with Crippen LogP contribution in [-0.2, 0) is 9.53 Å². The number of hydrogen-bond acceptors (Lipinski definition) is 5. The molecule has 1 rings (SSSR count). The Morgan fingerprint density at radius 2 is 2.44 bits per heavy atom. The van der Waals surface area contributed by atoms with E-state index in [-0.39, 0.29) is 5.57 Å². The van der Waals surface area contributed by atoms with Crippen LogP contribution >= 0.6 is 0 Å². The van der Waals surface area contributed by atoms with Crippen molar-refractivity contribution in [2.75, 3.05) is 6.61 Å². The van der Waals surface area contributed by atoms with Gasteiger partial charge in [-0.15, -0.1) is 0 Å². The van der Waals surface area contributed by atoms with Gasteiger partial charge in [-0.2, -0.15) is 0 Å². The van der Waals surface area contributed by atoms with Crippen molar-refractivity contribution in [3.05, 3.63) is 36.2 Å². The Labute approximate surface area is 93.7 Å². The van der Waals surface area contributed by atoms with Gasteiger partial charge in [0.15, 0.2) is 5.82 Å². The lowest BCUT2D eigenvalue weighted by molar-refractivity contribution is -0.137. The number of carbonyl (C=O) groups excluding carboxylic acids is 1. The van der Waals surface area contributed by atoms with Crippen LogP contribution in [0.25, 0.3) is 0 Å². The lowest BCUT2D eigenvalue weighted by Gasteiger charge is -2.00. The van der Waals surface area contributed by atoms with Crippen LogP contribution in [0.15, 0.2) is 41.2 Å². The van der Waals surface area contributed by atoms with E-state index >= 15 is 0 Å². The molecule has 0 fully saturated rings. The van der Waals surface area contributed by atoms with Crippen LogP contribution in [0.4, 0.5) is 5.82 Å². The summed E-state index contributed by atoms with van der Waals surface area (Å²) in [6.45, 7) is 2.02. The molecule has 16 heavy (non-hydrogen) atoms. The number of esters is 1. The first-order valence-corrected chi connectivity index (χ1v) is 4.82. The molecule has 0 saturated carbocycles. The molecular weight excluding hydrogens is 206 g/mol. The Bertz CT molecular complexity index is 399. The zero-order valence-corrected chi connectivity index (χ0v) is 8.96. The van der Waals surface area contributed by atoms with Crippen LogP contribution in [0.5, 0.6) is 0 Å². The molecule has 2 N–H and O–H groups in total. The molecule has 1 aromatic heterocycles. The highest BCUT2D eigenvalue weighted by Crippen LogP contribution is 2.05. The van der Waals surface area contributed by atoms with Gasteiger partial charge >= 0.3 is 5.97 Å². The molecule has 0 saturated heterocycles. The Hall–Kier alpha value is -2.17. The molecule has 1 heterocycles. The molecule has 0 aromatic carbocycles. The predicted molar refractivity (Wildman–Crippen MR) is 61.3 cm³/mol. The number of ether oxygens (including phenoxy) is 1. The van der Waals surface area contributed by atoms with Crippen molar-refractivity contribution in [3.8, 4) is 0 Å². The van der Waals surface area contributed by atoms with Crippen LogP contribution in [0.2, 0.25) is 0 Å². The maximum Gasteiger partial charge on any atom is 0.341 e. The second kappa shape index (κ2) is 6.34. The van der Waals surface area contributed by atoms with Gasteiger partial charge in [0.1, 0.15) is 0 Å². The molecule has 0 atom stereocenters. The van der Waals surface area contributed by atoms with E-state index < -0.39 is 5.97 Å². The molecular formula is C11H13N3O2. The van der Waals surface area contributed by atoms with E-state index in [0.29, 0.717) is 12.4 Å². The molecule has 0 aliphatic carbocycles. The van der Waals surface area contributed by atoms with E-state index in [1.165, 1.54) is 6.21 Å². The van der Waals surface area contributed by atoms with Crippen LogP contribution in [-0.4, -0.2) is 23.8 Å². The maximum atomic E-state index is 11.3. The highest BCUT2D eigenvalue weighted by molar-refractivity contribution is 6.09. The van der Waals surface area contributed by atoms with Gasteiger partial charge in [-0.05, 0) is 19.1 Å². The summed E-state index contributed by atoms with van der Waals surface area (Å²) in [5, 5.41) is 0. The second-order valence-corrected chi connectivity index (χ2v) is 2.79. The van der Waals surface area contributed by atoms with Crippen LogP contribution in [0, 0.1) is 0 Å². The Morgan fingerprint density at radius 1 is 1.62 bits per heavy atom. The molecule has 1 aromatic rings. The standard InChI is InChI=1S/C11H13N3O2/c1-2-16-11(15)9(7-12)8-14-10-5-3-4-6-13-10/h3-8H,2,12H2,1H3. The van der Waals surface area contributed by atoms with Gasteiger partial charge in [-0.1, -0.05) is 6.07 Å². The fraction of sp³-hybridized carbons (Fsp3) is 0.182. The Morgan fingerprint density at radius 3 is 3.00 bits per heavy atom. The lowest BCUT2D eigenvalue weighted by atomic mass is 10.3. The number of aromatic nitrogens is 1. The minimum absolute atomic E-state index is 0.201. The van der Waals surface area contributed by atoms with E-state index in [1.54, 1.807) is 31.3 Å². The van der Waals surface area contributed by atoms with Crippen molar-refractivity contribution < 1.29 is 9.53 Å². The van der Waals surface area contributed by atoms with Crippen molar-refractivity contribution in [1.82, 2.24) is 4.98 Å². The monoisotopic (exact) mass is 219 g/mol. The number of nitrogens with two attached hydrogens (primary N) is 1. The zero-order chi connectivity index (χ0) is 11.8. The summed E-state index contributed by atoms with van der Waals surface area (Å²) in [5.74, 6) is 0.0100. The number of aliphatic imine (C=N–C) groups is 1. The van der Waals surface area contributed by atoms with Gasteiger partial charge in [0.05, 0.1) is 12.2 Å². The number of nitrogens with zero attached hydrogens (tertiary/aromatic N) is 2. The van der Waals surface area contributed by atoms with Crippen LogP contribution < -0.4 is 5.73 Å². The molecule has 0 aliphatic heterocycles. The highest BCUT2D eigenvalue weighted by atomic mass is 16.5. The minimum atomic E-state index is -0.496. The topological polar surface area (TPSA) is 77.6 Å². The second-order valence-electron chi connectivity index (χ2n) is 2.79. The zero-order valence-electron chi connectivity index (χ0n) is 8.96. The van der Waals surface area contributed by atoms with Crippen LogP contribution in [0.3, 0.4) is 0 Å². The first kappa shape index (κ1) is 11.9. The summed E-state index contributed by atoms with van der Waals surface area (Å²) >= 11 is 0. The third-order valence-corrected chi connectivity index (χ3v) is 1.68. The number of carbonyl (C=O) groups is 1. The Balaban J connectivity index is 2.72. The molecule has 0 unspecified atom stereocenters. The summed E-state index contributed by atoms with van der Waals surface area (Å²) in [6.07, 6.45) is 4.10. The fourth-order valence-electron chi connectivity index (χ4n) is 0.944. The van der Waals surface area contributed by atoms with E-state index in [1.807, 2.05) is 0 Å². The van der Waals surface area contributed by atoms with Crippen molar-refractivity contribution in [2.45, 2.75) is 6.92 Å². The maximum absolute atomic E-state index is 11.3. The average Bonchev–Trinajstić information content (AvgIpc) is 2.31. The van der Waals surface area contributed by atoms with Gasteiger partial charge < -0.3 is 10.5 Å². The van der Waals surface area contributed by atoms with Gasteiger partial charge in [0.25, 0.3) is 0 Å². The molecule has 0 radical (unpaired) electrons. The number of pyridine rings is 1. The minimum Gasteiger partial charge on any atom is -0.462 e. The van der Waals surface area contributed by atoms with Crippen LogP contribution in [0.1, 0.15) is 6.92 Å². The molecule has 0 bridgehead atoms. The predicted octanol–water partition coefficient (Wildman–Crippen LogP) is 1.19. The van der Waals surface area contributed by atoms with E-state index in [4.69, 9.17) is 10.5 Å². The third-order valence-electron chi connectivity index (χ3n) is 1.68. The van der Waals surface area contributed by atoms with E-state index in [0.717, 1.165) is 6.20 Å². The van der Waals surface area contributed by atoms with Crippen molar-refractivity contribution in [3.63, 3.8) is 0 Å². The van der Waals surface area contributed by atoms with Gasteiger partial charge in [0, 0.05) is 18.6 Å². The van der Waals surface area contributed by atoms with Crippen molar-refractivity contribution in [1.29, 1.82) is 0 Å². The molecule has 5 heteroatoms. The third kappa shape index (κ3) is 3.53. The first-order chi connectivity index (χ1) is 7.77. The van der Waals surface area contributed by atoms with Gasteiger partial charge in [-0.25, -0.2) is 14.8 Å². The molecule has 0 spiro atoms. The van der Waals surface area contributed by atoms with Crippen molar-refractivity contribution in [2.24, 2.45) is 10.7 Å². The van der Waals surface area contributed by atoms with Gasteiger partial charge in [0.2, 0.25) is 0 Å². The SMILES string of the molecule is CCOC(=O)C(C=Nc1ccccn1)=CN. The normalized spacial score (nSPS) is 11.7. The first-order valence-electron chi connectivity index (χ1n) is 4.82. The van der Waals surface area contributed by atoms with Crippen molar-refractivity contribution >= 4 is 18.0 Å². The molecule has 0 amide bonds. The number of hydrogen-bond donors (Lipinski definition) is 1. The highest BCUT2D eigenvalue weighted by Gasteiger charge is 2.06. The molecule has 84 valence electrons. The van der Waals surface area contributed by atoms with E-state index in [2.05, 4.69) is 9.98 Å². The number of rotatable bonds is 4. The fourth-order valence-corrected chi connectivity index (χ4v) is 0.944. The smallest absolute Gasteiger partial charge is 0.341 e.